The maximum atomic E-state index is 13.1. The van der Waals surface area contributed by atoms with Crippen LogP contribution in [0.1, 0.15) is 10.6 Å². The first kappa shape index (κ1) is 11.7. The largest absolute Gasteiger partial charge is 0.444 e. The Labute approximate surface area is 105 Å². The van der Waals surface area contributed by atoms with E-state index in [9.17, 15) is 9.18 Å². The second-order valence-corrected chi connectivity index (χ2v) is 4.08. The summed E-state index contributed by atoms with van der Waals surface area (Å²) in [6.45, 7) is 0. The standard InChI is InChI=1S/C11H8BrFN2O2/c12-10-4-3-9(17-10)11(16)15-6-1-2-8(14)7(13)5-6/h1-5H,14H2,(H,15,16). The molecule has 2 rings (SSSR count). The predicted octanol–water partition coefficient (Wildman–Crippen LogP) is 3.02. The molecule has 0 bridgehead atoms. The molecule has 0 fully saturated rings. The number of carbonyl (C=O) groups excluding carboxylic acids is 1. The summed E-state index contributed by atoms with van der Waals surface area (Å²) in [5.74, 6) is -0.905. The van der Waals surface area contributed by atoms with Crippen molar-refractivity contribution in [3.05, 3.63) is 46.6 Å². The van der Waals surface area contributed by atoms with Crippen LogP contribution in [-0.4, -0.2) is 5.91 Å². The average Bonchev–Trinajstić information content (AvgIpc) is 2.70. The summed E-state index contributed by atoms with van der Waals surface area (Å²) in [7, 11) is 0. The van der Waals surface area contributed by atoms with Gasteiger partial charge < -0.3 is 15.5 Å². The molecule has 2 aromatic rings. The summed E-state index contributed by atoms with van der Waals surface area (Å²) in [6, 6.07) is 7.13. The first-order chi connectivity index (χ1) is 8.06. The van der Waals surface area contributed by atoms with Crippen molar-refractivity contribution in [2.75, 3.05) is 11.1 Å². The van der Waals surface area contributed by atoms with Crippen LogP contribution in [0.5, 0.6) is 0 Å². The molecule has 0 aliphatic carbocycles. The van der Waals surface area contributed by atoms with Gasteiger partial charge in [-0.15, -0.1) is 0 Å². The number of nitrogens with one attached hydrogen (secondary N) is 1. The van der Waals surface area contributed by atoms with Crippen LogP contribution in [0.3, 0.4) is 0 Å². The molecule has 1 aromatic heterocycles. The highest BCUT2D eigenvalue weighted by Gasteiger charge is 2.11. The Balaban J connectivity index is 2.15. The number of anilines is 2. The van der Waals surface area contributed by atoms with Crippen molar-refractivity contribution in [1.82, 2.24) is 0 Å². The quantitative estimate of drug-likeness (QED) is 0.838. The Morgan fingerprint density at radius 1 is 1.35 bits per heavy atom. The topological polar surface area (TPSA) is 68.3 Å². The molecule has 1 amide bonds. The van der Waals surface area contributed by atoms with Gasteiger partial charge in [0.1, 0.15) is 5.82 Å². The summed E-state index contributed by atoms with van der Waals surface area (Å²) in [5, 5.41) is 2.49. The molecule has 0 spiro atoms. The van der Waals surface area contributed by atoms with Crippen molar-refractivity contribution < 1.29 is 13.6 Å². The number of hydrogen-bond acceptors (Lipinski definition) is 3. The monoisotopic (exact) mass is 298 g/mol. The van der Waals surface area contributed by atoms with Gasteiger partial charge in [-0.05, 0) is 46.3 Å². The van der Waals surface area contributed by atoms with Gasteiger partial charge >= 0.3 is 0 Å². The number of benzene rings is 1. The predicted molar refractivity (Wildman–Crippen MR) is 65.2 cm³/mol. The Morgan fingerprint density at radius 2 is 2.12 bits per heavy atom. The highest BCUT2D eigenvalue weighted by atomic mass is 79.9. The number of furan rings is 1. The number of nitrogen functional groups attached to an aromatic ring is 1. The van der Waals surface area contributed by atoms with Gasteiger partial charge in [0, 0.05) is 5.69 Å². The summed E-state index contributed by atoms with van der Waals surface area (Å²) >= 11 is 3.08. The van der Waals surface area contributed by atoms with E-state index < -0.39 is 11.7 Å². The number of halogens is 2. The molecule has 0 aliphatic heterocycles. The summed E-state index contributed by atoms with van der Waals surface area (Å²) < 4.78 is 18.6. The molecule has 1 aromatic carbocycles. The van der Waals surface area contributed by atoms with Gasteiger partial charge in [-0.1, -0.05) is 0 Å². The van der Waals surface area contributed by atoms with E-state index in [1.807, 2.05) is 0 Å². The third-order valence-electron chi connectivity index (χ3n) is 2.06. The van der Waals surface area contributed by atoms with Gasteiger partial charge in [0.2, 0.25) is 0 Å². The molecule has 4 nitrogen and oxygen atoms in total. The lowest BCUT2D eigenvalue weighted by Gasteiger charge is -2.04. The second-order valence-electron chi connectivity index (χ2n) is 3.29. The van der Waals surface area contributed by atoms with Gasteiger partial charge in [-0.2, -0.15) is 0 Å². The van der Waals surface area contributed by atoms with Crippen molar-refractivity contribution in [2.45, 2.75) is 0 Å². The Morgan fingerprint density at radius 3 is 2.71 bits per heavy atom. The molecular weight excluding hydrogens is 291 g/mol. The molecule has 0 saturated heterocycles. The molecule has 3 N–H and O–H groups in total. The number of nitrogens with two attached hydrogens (primary N) is 1. The van der Waals surface area contributed by atoms with Crippen LogP contribution in [-0.2, 0) is 0 Å². The smallest absolute Gasteiger partial charge is 0.291 e. The molecule has 1 heterocycles. The lowest BCUT2D eigenvalue weighted by molar-refractivity contribution is 0.0995. The van der Waals surface area contributed by atoms with Gasteiger partial charge in [-0.25, -0.2) is 4.39 Å². The number of carbonyl (C=O) groups is 1. The number of rotatable bonds is 2. The Kier molecular flexibility index (Phi) is 3.14. The van der Waals surface area contributed by atoms with Crippen LogP contribution >= 0.6 is 15.9 Å². The van der Waals surface area contributed by atoms with Crippen LogP contribution in [0.25, 0.3) is 0 Å². The van der Waals surface area contributed by atoms with E-state index in [2.05, 4.69) is 21.2 Å². The maximum absolute atomic E-state index is 13.1. The highest BCUT2D eigenvalue weighted by Crippen LogP contribution is 2.18. The minimum atomic E-state index is -0.580. The third-order valence-corrected chi connectivity index (χ3v) is 2.48. The van der Waals surface area contributed by atoms with E-state index >= 15 is 0 Å². The van der Waals surface area contributed by atoms with Crippen molar-refractivity contribution in [3.8, 4) is 0 Å². The van der Waals surface area contributed by atoms with Gasteiger partial charge in [0.15, 0.2) is 10.4 Å². The van der Waals surface area contributed by atoms with Crippen LogP contribution < -0.4 is 11.1 Å². The zero-order valence-corrected chi connectivity index (χ0v) is 10.1. The van der Waals surface area contributed by atoms with Crippen molar-refractivity contribution in [1.29, 1.82) is 0 Å². The zero-order valence-electron chi connectivity index (χ0n) is 8.54. The maximum Gasteiger partial charge on any atom is 0.291 e. The van der Waals surface area contributed by atoms with Crippen molar-refractivity contribution in [2.24, 2.45) is 0 Å². The molecule has 0 aliphatic rings. The summed E-state index contributed by atoms with van der Waals surface area (Å²) in [5.41, 5.74) is 5.67. The summed E-state index contributed by atoms with van der Waals surface area (Å²) in [6.07, 6.45) is 0. The summed E-state index contributed by atoms with van der Waals surface area (Å²) in [4.78, 5) is 11.6. The van der Waals surface area contributed by atoms with E-state index in [-0.39, 0.29) is 11.4 Å². The zero-order chi connectivity index (χ0) is 12.4. The third kappa shape index (κ3) is 2.65. The van der Waals surface area contributed by atoms with Crippen molar-refractivity contribution >= 4 is 33.2 Å². The first-order valence-electron chi connectivity index (χ1n) is 4.68. The van der Waals surface area contributed by atoms with Crippen LogP contribution in [0.4, 0.5) is 15.8 Å². The highest BCUT2D eigenvalue weighted by molar-refractivity contribution is 9.10. The van der Waals surface area contributed by atoms with Crippen LogP contribution in [0.15, 0.2) is 39.4 Å². The molecule has 0 atom stereocenters. The minimum absolute atomic E-state index is 0.0312. The second kappa shape index (κ2) is 4.58. The van der Waals surface area contributed by atoms with Crippen LogP contribution in [0, 0.1) is 5.82 Å². The van der Waals surface area contributed by atoms with E-state index in [4.69, 9.17) is 10.2 Å². The number of amides is 1. The molecule has 0 unspecified atom stereocenters. The first-order valence-corrected chi connectivity index (χ1v) is 5.47. The van der Waals surface area contributed by atoms with E-state index in [0.717, 1.165) is 6.07 Å². The van der Waals surface area contributed by atoms with Gasteiger partial charge in [-0.3, -0.25) is 4.79 Å². The fourth-order valence-corrected chi connectivity index (χ4v) is 1.54. The molecular formula is C11H8BrFN2O2. The molecule has 17 heavy (non-hydrogen) atoms. The number of hydrogen-bond donors (Lipinski definition) is 2. The van der Waals surface area contributed by atoms with Gasteiger partial charge in [0.25, 0.3) is 5.91 Å². The minimum Gasteiger partial charge on any atom is -0.444 e. The van der Waals surface area contributed by atoms with Crippen molar-refractivity contribution in [3.63, 3.8) is 0 Å². The average molecular weight is 299 g/mol. The van der Waals surface area contributed by atoms with E-state index in [1.54, 1.807) is 6.07 Å². The van der Waals surface area contributed by atoms with E-state index in [1.165, 1.54) is 18.2 Å². The lowest BCUT2D eigenvalue weighted by atomic mass is 10.2. The fraction of sp³-hybridized carbons (Fsp3) is 0. The normalized spacial score (nSPS) is 10.2. The fourth-order valence-electron chi connectivity index (χ4n) is 1.23. The van der Waals surface area contributed by atoms with E-state index in [0.29, 0.717) is 10.4 Å². The Hall–Kier alpha value is -1.82. The Bertz CT molecular complexity index is 568. The molecule has 0 radical (unpaired) electrons. The van der Waals surface area contributed by atoms with Gasteiger partial charge in [0.05, 0.1) is 5.69 Å². The molecule has 6 heteroatoms. The van der Waals surface area contributed by atoms with Crippen LogP contribution in [0.2, 0.25) is 0 Å². The lowest BCUT2D eigenvalue weighted by Crippen LogP contribution is -2.11. The molecule has 88 valence electrons. The molecule has 0 saturated carbocycles. The SMILES string of the molecule is Nc1ccc(NC(=O)c2ccc(Br)o2)cc1F.